The van der Waals surface area contributed by atoms with Crippen molar-refractivity contribution < 1.29 is 9.59 Å². The van der Waals surface area contributed by atoms with E-state index in [0.717, 1.165) is 30.8 Å². The minimum absolute atomic E-state index is 0.0638. The number of aromatic nitrogens is 1. The van der Waals surface area contributed by atoms with Crippen LogP contribution in [0.15, 0.2) is 42.6 Å². The van der Waals surface area contributed by atoms with Crippen LogP contribution < -0.4 is 10.2 Å². The van der Waals surface area contributed by atoms with E-state index in [1.165, 1.54) is 0 Å². The molecule has 0 aliphatic heterocycles. The number of amides is 1. The largest absolute Gasteiger partial charge is 0.372 e. The lowest BCUT2D eigenvalue weighted by Crippen LogP contribution is -2.21. The van der Waals surface area contributed by atoms with Gasteiger partial charge in [0.2, 0.25) is 5.91 Å². The fourth-order valence-electron chi connectivity index (χ4n) is 2.53. The highest BCUT2D eigenvalue weighted by atomic mass is 16.1. The quantitative estimate of drug-likeness (QED) is 0.762. The topological polar surface area (TPSA) is 54.3 Å². The Kier molecular flexibility index (Phi) is 5.97. The Hall–Kier alpha value is -2.56. The minimum Gasteiger partial charge on any atom is -0.372 e. The molecule has 2 aromatic rings. The van der Waals surface area contributed by atoms with Gasteiger partial charge in [-0.15, -0.1) is 0 Å². The van der Waals surface area contributed by atoms with E-state index in [1.54, 1.807) is 22.9 Å². The molecule has 0 unspecified atom stereocenters. The molecular formula is C18H23N3O2. The molecule has 1 aromatic carbocycles. The zero-order chi connectivity index (χ0) is 16.7. The zero-order valence-corrected chi connectivity index (χ0v) is 13.7. The van der Waals surface area contributed by atoms with Crippen LogP contribution in [-0.4, -0.2) is 29.8 Å². The molecule has 2 rings (SSSR count). The number of anilines is 2. The van der Waals surface area contributed by atoms with Gasteiger partial charge in [0.25, 0.3) is 0 Å². The molecule has 23 heavy (non-hydrogen) atoms. The lowest BCUT2D eigenvalue weighted by atomic mass is 10.2. The summed E-state index contributed by atoms with van der Waals surface area (Å²) in [5, 5.41) is 2.88. The van der Waals surface area contributed by atoms with Gasteiger partial charge in [0.05, 0.1) is 5.69 Å². The standard InChI is InChI=1S/C18H23N3O2/c1-3-20(4-2)16-9-7-15(8-10-16)19-18(23)11-13-21-12-5-6-17(21)14-22/h5-10,12,14H,3-4,11,13H2,1-2H3,(H,19,23). The SMILES string of the molecule is CCN(CC)c1ccc(NC(=O)CCn2cccc2C=O)cc1. The molecule has 0 aliphatic carbocycles. The van der Waals surface area contributed by atoms with E-state index < -0.39 is 0 Å². The van der Waals surface area contributed by atoms with Crippen molar-refractivity contribution in [1.29, 1.82) is 0 Å². The highest BCUT2D eigenvalue weighted by molar-refractivity contribution is 5.90. The van der Waals surface area contributed by atoms with Gasteiger partial charge in [0.1, 0.15) is 0 Å². The van der Waals surface area contributed by atoms with Crippen LogP contribution in [0, 0.1) is 0 Å². The van der Waals surface area contributed by atoms with Crippen molar-refractivity contribution in [3.8, 4) is 0 Å². The maximum atomic E-state index is 12.0. The number of nitrogens with one attached hydrogen (secondary N) is 1. The Labute approximate surface area is 136 Å². The third-order valence-electron chi connectivity index (χ3n) is 3.84. The smallest absolute Gasteiger partial charge is 0.226 e. The molecule has 0 fully saturated rings. The van der Waals surface area contributed by atoms with E-state index in [9.17, 15) is 9.59 Å². The predicted molar refractivity (Wildman–Crippen MR) is 93.1 cm³/mol. The van der Waals surface area contributed by atoms with E-state index in [2.05, 4.69) is 24.1 Å². The van der Waals surface area contributed by atoms with Crippen LogP contribution in [0.5, 0.6) is 0 Å². The van der Waals surface area contributed by atoms with Crippen LogP contribution in [0.2, 0.25) is 0 Å². The second-order valence-electron chi connectivity index (χ2n) is 5.26. The first-order valence-electron chi connectivity index (χ1n) is 7.93. The average molecular weight is 313 g/mol. The minimum atomic E-state index is -0.0638. The van der Waals surface area contributed by atoms with E-state index >= 15 is 0 Å². The van der Waals surface area contributed by atoms with Crippen LogP contribution >= 0.6 is 0 Å². The summed E-state index contributed by atoms with van der Waals surface area (Å²) in [7, 11) is 0. The Morgan fingerprint density at radius 1 is 1.17 bits per heavy atom. The summed E-state index contributed by atoms with van der Waals surface area (Å²) < 4.78 is 1.77. The molecule has 0 saturated heterocycles. The number of aldehydes is 1. The van der Waals surface area contributed by atoms with Crippen LogP contribution in [-0.2, 0) is 11.3 Å². The number of hydrogen-bond acceptors (Lipinski definition) is 3. The van der Waals surface area contributed by atoms with Gasteiger partial charge in [-0.2, -0.15) is 0 Å². The molecule has 0 radical (unpaired) electrons. The summed E-state index contributed by atoms with van der Waals surface area (Å²) in [6.07, 6.45) is 2.92. The first-order valence-corrected chi connectivity index (χ1v) is 7.93. The number of carbonyl (C=O) groups is 2. The molecule has 0 atom stereocenters. The van der Waals surface area contributed by atoms with E-state index in [0.29, 0.717) is 18.7 Å². The first-order chi connectivity index (χ1) is 11.2. The Balaban J connectivity index is 1.89. The second kappa shape index (κ2) is 8.17. The molecule has 5 nitrogen and oxygen atoms in total. The normalized spacial score (nSPS) is 10.3. The fourth-order valence-corrected chi connectivity index (χ4v) is 2.53. The summed E-state index contributed by atoms with van der Waals surface area (Å²) in [5.74, 6) is -0.0638. The van der Waals surface area contributed by atoms with Crippen molar-refractivity contribution in [3.63, 3.8) is 0 Å². The molecule has 0 spiro atoms. The number of rotatable bonds is 8. The molecule has 0 bridgehead atoms. The highest BCUT2D eigenvalue weighted by Gasteiger charge is 2.06. The van der Waals surface area contributed by atoms with Gasteiger partial charge >= 0.3 is 0 Å². The van der Waals surface area contributed by atoms with Crippen LogP contribution in [0.25, 0.3) is 0 Å². The lowest BCUT2D eigenvalue weighted by molar-refractivity contribution is -0.116. The van der Waals surface area contributed by atoms with Gasteiger partial charge in [-0.05, 0) is 50.2 Å². The fraction of sp³-hybridized carbons (Fsp3) is 0.333. The maximum Gasteiger partial charge on any atom is 0.226 e. The summed E-state index contributed by atoms with van der Waals surface area (Å²) in [6, 6.07) is 11.4. The predicted octanol–water partition coefficient (Wildman–Crippen LogP) is 3.18. The van der Waals surface area contributed by atoms with Crippen molar-refractivity contribution >= 4 is 23.6 Å². The van der Waals surface area contributed by atoms with Crippen molar-refractivity contribution in [1.82, 2.24) is 4.57 Å². The Morgan fingerprint density at radius 2 is 1.87 bits per heavy atom. The Morgan fingerprint density at radius 3 is 2.48 bits per heavy atom. The van der Waals surface area contributed by atoms with Crippen molar-refractivity contribution in [2.75, 3.05) is 23.3 Å². The summed E-state index contributed by atoms with van der Waals surface area (Å²) in [5.41, 5.74) is 2.52. The molecule has 122 valence electrons. The molecule has 1 amide bonds. The number of aryl methyl sites for hydroxylation is 1. The second-order valence-corrected chi connectivity index (χ2v) is 5.26. The van der Waals surface area contributed by atoms with E-state index in [4.69, 9.17) is 0 Å². The third-order valence-corrected chi connectivity index (χ3v) is 3.84. The average Bonchev–Trinajstić information content (AvgIpc) is 3.03. The zero-order valence-electron chi connectivity index (χ0n) is 13.7. The van der Waals surface area contributed by atoms with Crippen molar-refractivity contribution in [3.05, 3.63) is 48.3 Å². The highest BCUT2D eigenvalue weighted by Crippen LogP contribution is 2.17. The van der Waals surface area contributed by atoms with Gasteiger partial charge < -0.3 is 14.8 Å². The lowest BCUT2D eigenvalue weighted by Gasteiger charge is -2.21. The molecule has 1 aromatic heterocycles. The van der Waals surface area contributed by atoms with Gasteiger partial charge in [0.15, 0.2) is 6.29 Å². The summed E-state index contributed by atoms with van der Waals surface area (Å²) >= 11 is 0. The van der Waals surface area contributed by atoms with Gasteiger partial charge in [-0.1, -0.05) is 0 Å². The molecule has 0 saturated carbocycles. The summed E-state index contributed by atoms with van der Waals surface area (Å²) in [4.78, 5) is 25.1. The number of hydrogen-bond donors (Lipinski definition) is 1. The maximum absolute atomic E-state index is 12.0. The number of benzene rings is 1. The van der Waals surface area contributed by atoms with Crippen LogP contribution in [0.1, 0.15) is 30.8 Å². The van der Waals surface area contributed by atoms with Gasteiger partial charge in [-0.25, -0.2) is 0 Å². The molecule has 5 heteroatoms. The van der Waals surface area contributed by atoms with Crippen molar-refractivity contribution in [2.24, 2.45) is 0 Å². The third kappa shape index (κ3) is 4.45. The van der Waals surface area contributed by atoms with Crippen LogP contribution in [0.4, 0.5) is 11.4 Å². The molecular weight excluding hydrogens is 290 g/mol. The van der Waals surface area contributed by atoms with E-state index in [1.807, 2.05) is 24.3 Å². The van der Waals surface area contributed by atoms with Crippen molar-refractivity contribution in [2.45, 2.75) is 26.8 Å². The Bertz CT molecular complexity index is 643. The van der Waals surface area contributed by atoms with Gasteiger partial charge in [0, 0.05) is 43.6 Å². The first kappa shape index (κ1) is 16.8. The summed E-state index contributed by atoms with van der Waals surface area (Å²) in [6.45, 7) is 6.64. The molecule has 1 N–H and O–H groups in total. The molecule has 1 heterocycles. The number of carbonyl (C=O) groups excluding carboxylic acids is 2. The monoisotopic (exact) mass is 313 g/mol. The van der Waals surface area contributed by atoms with E-state index in [-0.39, 0.29) is 5.91 Å². The molecule has 0 aliphatic rings. The van der Waals surface area contributed by atoms with Crippen LogP contribution in [0.3, 0.4) is 0 Å². The van der Waals surface area contributed by atoms with Gasteiger partial charge in [-0.3, -0.25) is 9.59 Å². The number of nitrogens with zero attached hydrogens (tertiary/aromatic N) is 2.